The largest absolute Gasteiger partial charge is 0.308 e. The molecule has 2 heteroatoms. The highest BCUT2D eigenvalue weighted by Gasteiger charge is 2.25. The molecule has 0 spiro atoms. The Morgan fingerprint density at radius 3 is 0.820 bits per heavy atom. The Balaban J connectivity index is 1.45. The number of nitrogens with zero attached hydrogens (tertiary/aromatic N) is 2. The maximum Gasteiger partial charge on any atom is 0.0709 e. The zero-order valence-electron chi connectivity index (χ0n) is 27.7. The minimum atomic E-state index is 1.06. The third kappa shape index (κ3) is 6.31. The van der Waals surface area contributed by atoms with Gasteiger partial charge in [-0.3, -0.25) is 0 Å². The van der Waals surface area contributed by atoms with Crippen LogP contribution in [0.15, 0.2) is 218 Å². The lowest BCUT2D eigenvalue weighted by Crippen LogP contribution is -2.17. The van der Waals surface area contributed by atoms with Crippen LogP contribution in [0.3, 0.4) is 0 Å². The van der Waals surface area contributed by atoms with Gasteiger partial charge in [-0.15, -0.1) is 0 Å². The highest BCUT2D eigenvalue weighted by molar-refractivity contribution is 5.98. The summed E-state index contributed by atoms with van der Waals surface area (Å²) in [5, 5.41) is 0. The topological polar surface area (TPSA) is 6.48 Å². The van der Waals surface area contributed by atoms with E-state index in [0.29, 0.717) is 0 Å². The average molecular weight is 641 g/mol. The van der Waals surface area contributed by atoms with Crippen molar-refractivity contribution in [1.29, 1.82) is 0 Å². The highest BCUT2D eigenvalue weighted by atomic mass is 15.2. The minimum Gasteiger partial charge on any atom is -0.308 e. The Morgan fingerprint density at radius 1 is 0.220 bits per heavy atom. The SMILES string of the molecule is c1ccc(-c2ccc(N(c3ccccc3)c3cc(-c4ccccc4)c(-c4ccccc4)cc3N(c3ccccc3)c3ccccc3)cc2)cc1. The summed E-state index contributed by atoms with van der Waals surface area (Å²) in [6, 6.07) is 77.7. The van der Waals surface area contributed by atoms with Gasteiger partial charge in [-0.05, 0) is 94.0 Å². The van der Waals surface area contributed by atoms with Crippen LogP contribution < -0.4 is 9.80 Å². The Hall–Kier alpha value is -6.64. The Labute approximate surface area is 294 Å². The Kier molecular flexibility index (Phi) is 8.73. The second-order valence-electron chi connectivity index (χ2n) is 12.2. The van der Waals surface area contributed by atoms with Crippen LogP contribution in [0.25, 0.3) is 33.4 Å². The molecule has 50 heavy (non-hydrogen) atoms. The second kappa shape index (κ2) is 14.2. The number of rotatable bonds is 9. The van der Waals surface area contributed by atoms with Crippen molar-refractivity contribution in [3.05, 3.63) is 218 Å². The van der Waals surface area contributed by atoms with Crippen LogP contribution in [0.2, 0.25) is 0 Å². The summed E-state index contributed by atoms with van der Waals surface area (Å²) in [4.78, 5) is 4.77. The first kappa shape index (κ1) is 30.7. The van der Waals surface area contributed by atoms with E-state index in [2.05, 4.69) is 228 Å². The van der Waals surface area contributed by atoms with Crippen LogP contribution in [-0.2, 0) is 0 Å². The Morgan fingerprint density at radius 2 is 0.480 bits per heavy atom. The third-order valence-corrected chi connectivity index (χ3v) is 9.04. The van der Waals surface area contributed by atoms with Crippen LogP contribution in [0, 0.1) is 0 Å². The number of benzene rings is 8. The number of para-hydroxylation sites is 3. The molecule has 0 aromatic heterocycles. The van der Waals surface area contributed by atoms with Crippen LogP contribution in [0.5, 0.6) is 0 Å². The molecule has 0 aliphatic carbocycles. The second-order valence-corrected chi connectivity index (χ2v) is 12.2. The van der Waals surface area contributed by atoms with Crippen molar-refractivity contribution in [3.63, 3.8) is 0 Å². The van der Waals surface area contributed by atoms with Crippen LogP contribution >= 0.6 is 0 Å². The molecule has 8 rings (SSSR count). The van der Waals surface area contributed by atoms with E-state index in [1.54, 1.807) is 0 Å². The molecule has 0 bridgehead atoms. The normalized spacial score (nSPS) is 10.8. The predicted molar refractivity (Wildman–Crippen MR) is 212 cm³/mol. The number of anilines is 6. The summed E-state index contributed by atoms with van der Waals surface area (Å²) in [6.07, 6.45) is 0. The molecule has 0 radical (unpaired) electrons. The lowest BCUT2D eigenvalue weighted by molar-refractivity contribution is 1.23. The zero-order chi connectivity index (χ0) is 33.5. The first-order valence-electron chi connectivity index (χ1n) is 17.0. The molecule has 0 unspecified atom stereocenters. The monoisotopic (exact) mass is 640 g/mol. The molecule has 0 saturated heterocycles. The summed E-state index contributed by atoms with van der Waals surface area (Å²) < 4.78 is 0. The van der Waals surface area contributed by atoms with Gasteiger partial charge in [0.05, 0.1) is 11.4 Å². The quantitative estimate of drug-likeness (QED) is 0.155. The highest BCUT2D eigenvalue weighted by Crippen LogP contribution is 2.50. The Bertz CT molecular complexity index is 2230. The summed E-state index contributed by atoms with van der Waals surface area (Å²) in [5.41, 5.74) is 13.5. The molecule has 0 N–H and O–H groups in total. The van der Waals surface area contributed by atoms with Gasteiger partial charge in [0, 0.05) is 22.7 Å². The van der Waals surface area contributed by atoms with Gasteiger partial charge in [0.15, 0.2) is 0 Å². The summed E-state index contributed by atoms with van der Waals surface area (Å²) >= 11 is 0. The van der Waals surface area contributed by atoms with E-state index in [-0.39, 0.29) is 0 Å². The smallest absolute Gasteiger partial charge is 0.0709 e. The van der Waals surface area contributed by atoms with Crippen molar-refractivity contribution < 1.29 is 0 Å². The van der Waals surface area contributed by atoms with E-state index in [1.807, 2.05) is 0 Å². The average Bonchev–Trinajstić information content (AvgIpc) is 3.21. The van der Waals surface area contributed by atoms with Gasteiger partial charge in [0.1, 0.15) is 0 Å². The molecule has 238 valence electrons. The van der Waals surface area contributed by atoms with Crippen molar-refractivity contribution in [2.24, 2.45) is 0 Å². The zero-order valence-corrected chi connectivity index (χ0v) is 27.7. The van der Waals surface area contributed by atoms with E-state index in [0.717, 1.165) is 39.7 Å². The molecule has 0 heterocycles. The molecule has 0 amide bonds. The van der Waals surface area contributed by atoms with E-state index in [1.165, 1.54) is 27.8 Å². The lowest BCUT2D eigenvalue weighted by Gasteiger charge is -2.34. The fourth-order valence-corrected chi connectivity index (χ4v) is 6.67. The lowest BCUT2D eigenvalue weighted by atomic mass is 9.92. The predicted octanol–water partition coefficient (Wildman–Crippen LogP) is 13.6. The number of hydrogen-bond acceptors (Lipinski definition) is 2. The molecular weight excluding hydrogens is 605 g/mol. The molecule has 0 atom stereocenters. The van der Waals surface area contributed by atoms with Gasteiger partial charge < -0.3 is 9.80 Å². The molecule has 0 fully saturated rings. The van der Waals surface area contributed by atoms with Gasteiger partial charge in [-0.2, -0.15) is 0 Å². The van der Waals surface area contributed by atoms with Crippen molar-refractivity contribution in [3.8, 4) is 33.4 Å². The van der Waals surface area contributed by atoms with Crippen molar-refractivity contribution in [2.45, 2.75) is 0 Å². The maximum absolute atomic E-state index is 2.39. The van der Waals surface area contributed by atoms with E-state index in [4.69, 9.17) is 0 Å². The molecular formula is C48H36N2. The fraction of sp³-hybridized carbons (Fsp3) is 0. The van der Waals surface area contributed by atoms with Crippen molar-refractivity contribution >= 4 is 34.1 Å². The fourth-order valence-electron chi connectivity index (χ4n) is 6.67. The molecule has 0 aliphatic rings. The van der Waals surface area contributed by atoms with E-state index >= 15 is 0 Å². The van der Waals surface area contributed by atoms with E-state index < -0.39 is 0 Å². The molecule has 8 aromatic rings. The maximum atomic E-state index is 2.39. The first-order chi connectivity index (χ1) is 24.8. The van der Waals surface area contributed by atoms with Gasteiger partial charge in [0.25, 0.3) is 0 Å². The molecule has 8 aromatic carbocycles. The summed E-state index contributed by atoms with van der Waals surface area (Å²) in [5.74, 6) is 0. The van der Waals surface area contributed by atoms with Gasteiger partial charge >= 0.3 is 0 Å². The van der Waals surface area contributed by atoms with Crippen molar-refractivity contribution in [2.75, 3.05) is 9.80 Å². The van der Waals surface area contributed by atoms with E-state index in [9.17, 15) is 0 Å². The molecule has 2 nitrogen and oxygen atoms in total. The molecule has 0 aliphatic heterocycles. The van der Waals surface area contributed by atoms with Gasteiger partial charge in [-0.1, -0.05) is 158 Å². The summed E-state index contributed by atoms with van der Waals surface area (Å²) in [7, 11) is 0. The van der Waals surface area contributed by atoms with Crippen molar-refractivity contribution in [1.82, 2.24) is 0 Å². The van der Waals surface area contributed by atoms with Crippen LogP contribution in [-0.4, -0.2) is 0 Å². The summed E-state index contributed by atoms with van der Waals surface area (Å²) in [6.45, 7) is 0. The molecule has 0 saturated carbocycles. The third-order valence-electron chi connectivity index (χ3n) is 9.04. The van der Waals surface area contributed by atoms with Crippen LogP contribution in [0.4, 0.5) is 34.1 Å². The minimum absolute atomic E-state index is 1.06. The first-order valence-corrected chi connectivity index (χ1v) is 17.0. The van der Waals surface area contributed by atoms with Gasteiger partial charge in [0.2, 0.25) is 0 Å². The van der Waals surface area contributed by atoms with Gasteiger partial charge in [-0.25, -0.2) is 0 Å². The number of hydrogen-bond donors (Lipinski definition) is 0. The van der Waals surface area contributed by atoms with Crippen LogP contribution in [0.1, 0.15) is 0 Å². The standard InChI is InChI=1S/C48H36N2/c1-7-19-37(20-8-1)38-31-33-44(34-32-38)50(43-29-17-6-18-30-43)48-36-46(40-23-11-3-12-24-40)45(39-21-9-2-10-22-39)35-47(48)49(41-25-13-4-14-26-41)42-27-15-5-16-28-42/h1-36H.